The van der Waals surface area contributed by atoms with Crippen LogP contribution in [0.3, 0.4) is 0 Å². The van der Waals surface area contributed by atoms with Gasteiger partial charge in [0.05, 0.1) is 25.0 Å². The zero-order valence-corrected chi connectivity index (χ0v) is 21.2. The Balaban J connectivity index is 1.79. The molecule has 0 saturated carbocycles. The van der Waals surface area contributed by atoms with Crippen LogP contribution >= 0.6 is 0 Å². The fourth-order valence-corrected chi connectivity index (χ4v) is 4.45. The summed E-state index contributed by atoms with van der Waals surface area (Å²) in [4.78, 5) is 52.0. The van der Waals surface area contributed by atoms with Gasteiger partial charge in [0.1, 0.15) is 11.3 Å². The maximum atomic E-state index is 13.4. The molecule has 9 heteroatoms. The smallest absolute Gasteiger partial charge is 0.338 e. The number of anilines is 1. The van der Waals surface area contributed by atoms with Crippen LogP contribution in [-0.4, -0.2) is 42.1 Å². The zero-order valence-electron chi connectivity index (χ0n) is 21.2. The van der Waals surface area contributed by atoms with Gasteiger partial charge in [0.25, 0.3) is 11.8 Å². The fourth-order valence-electron chi connectivity index (χ4n) is 4.45. The Morgan fingerprint density at radius 2 is 1.70 bits per heavy atom. The molecule has 4 rings (SSSR count). The van der Waals surface area contributed by atoms with Gasteiger partial charge in [-0.05, 0) is 75.2 Å². The zero-order chi connectivity index (χ0) is 26.9. The Hall–Kier alpha value is -4.66. The van der Waals surface area contributed by atoms with Crippen molar-refractivity contribution in [3.05, 3.63) is 82.2 Å². The molecule has 1 saturated heterocycles. The molecular weight excluding hydrogens is 474 g/mol. The summed E-state index contributed by atoms with van der Waals surface area (Å²) in [7, 11) is 1.33. The molecule has 9 nitrogen and oxygen atoms in total. The largest absolute Gasteiger partial charge is 0.492 e. The number of carbonyl (C=O) groups excluding carboxylic acids is 4. The van der Waals surface area contributed by atoms with Crippen molar-refractivity contribution in [2.24, 2.45) is 0 Å². The van der Waals surface area contributed by atoms with E-state index in [4.69, 9.17) is 9.47 Å². The quantitative estimate of drug-likeness (QED) is 0.307. The Bertz CT molecular complexity index is 1470. The highest BCUT2D eigenvalue weighted by molar-refractivity contribution is 6.39. The molecule has 1 fully saturated rings. The fraction of sp³-hybridized carbons (Fsp3) is 0.214. The number of hydrogen-bond acceptors (Lipinski definition) is 6. The molecule has 1 aliphatic heterocycles. The Morgan fingerprint density at radius 3 is 2.41 bits per heavy atom. The van der Waals surface area contributed by atoms with E-state index in [1.54, 1.807) is 43.3 Å². The number of imide groups is 2. The first-order chi connectivity index (χ1) is 17.7. The van der Waals surface area contributed by atoms with Crippen molar-refractivity contribution >= 4 is 35.6 Å². The number of amides is 4. The lowest BCUT2D eigenvalue weighted by molar-refractivity contribution is -0.122. The number of hydrogen-bond donors (Lipinski definition) is 1. The van der Waals surface area contributed by atoms with E-state index in [1.165, 1.54) is 13.2 Å². The Kier molecular flexibility index (Phi) is 6.97. The van der Waals surface area contributed by atoms with Gasteiger partial charge in [-0.2, -0.15) is 0 Å². The van der Waals surface area contributed by atoms with Gasteiger partial charge in [-0.25, -0.2) is 14.5 Å². The number of para-hydroxylation sites is 2. The summed E-state index contributed by atoms with van der Waals surface area (Å²) < 4.78 is 12.4. The number of esters is 1. The minimum atomic E-state index is -0.847. The van der Waals surface area contributed by atoms with E-state index >= 15 is 0 Å². The maximum Gasteiger partial charge on any atom is 0.338 e. The van der Waals surface area contributed by atoms with Crippen molar-refractivity contribution < 1.29 is 28.7 Å². The molecule has 2 aromatic carbocycles. The van der Waals surface area contributed by atoms with Crippen LogP contribution in [0.5, 0.6) is 5.75 Å². The van der Waals surface area contributed by atoms with Crippen molar-refractivity contribution in [2.45, 2.75) is 27.7 Å². The molecular formula is C28H27N3O6. The van der Waals surface area contributed by atoms with Gasteiger partial charge in [0.15, 0.2) is 0 Å². The number of rotatable bonds is 6. The Labute approximate surface area is 214 Å². The van der Waals surface area contributed by atoms with Crippen LogP contribution in [0.4, 0.5) is 10.5 Å². The maximum absolute atomic E-state index is 13.4. The standard InChI is InChI=1S/C28H27N3O6/c1-6-37-24-13-8-7-11-23(24)31-26(33)21(25(32)29-28(31)35)15-19-14-16(2)30(18(19)4)22-12-9-10-20(17(22)3)27(34)36-5/h7-15H,6H2,1-5H3,(H,29,32,35)/b21-15+. The second kappa shape index (κ2) is 10.1. The minimum absolute atomic E-state index is 0.189. The van der Waals surface area contributed by atoms with Gasteiger partial charge < -0.3 is 14.0 Å². The summed E-state index contributed by atoms with van der Waals surface area (Å²) in [6, 6.07) is 13.0. The van der Waals surface area contributed by atoms with Crippen molar-refractivity contribution in [1.82, 2.24) is 9.88 Å². The topological polar surface area (TPSA) is 107 Å². The van der Waals surface area contributed by atoms with Crippen molar-refractivity contribution in [3.8, 4) is 11.4 Å². The molecule has 1 aliphatic rings. The van der Waals surface area contributed by atoms with Crippen LogP contribution in [0.25, 0.3) is 11.8 Å². The van der Waals surface area contributed by atoms with E-state index in [0.29, 0.717) is 23.5 Å². The van der Waals surface area contributed by atoms with Crippen LogP contribution in [0.2, 0.25) is 0 Å². The molecule has 0 radical (unpaired) electrons. The second-order valence-electron chi connectivity index (χ2n) is 8.46. The number of methoxy groups -OCH3 is 1. The number of urea groups is 1. The highest BCUT2D eigenvalue weighted by atomic mass is 16.5. The van der Waals surface area contributed by atoms with Gasteiger partial charge in [0.2, 0.25) is 0 Å². The minimum Gasteiger partial charge on any atom is -0.492 e. The van der Waals surface area contributed by atoms with E-state index in [0.717, 1.165) is 27.5 Å². The molecule has 2 heterocycles. The molecule has 1 aromatic heterocycles. The first kappa shape index (κ1) is 25.4. The number of carbonyl (C=O) groups is 4. The highest BCUT2D eigenvalue weighted by Crippen LogP contribution is 2.32. The van der Waals surface area contributed by atoms with Crippen molar-refractivity contribution in [3.63, 3.8) is 0 Å². The number of ether oxygens (including phenoxy) is 2. The Morgan fingerprint density at radius 1 is 1.00 bits per heavy atom. The summed E-state index contributed by atoms with van der Waals surface area (Å²) in [5, 5.41) is 2.25. The van der Waals surface area contributed by atoms with Gasteiger partial charge in [-0.15, -0.1) is 0 Å². The molecule has 1 N–H and O–H groups in total. The molecule has 3 aromatic rings. The van der Waals surface area contributed by atoms with E-state index in [-0.39, 0.29) is 11.3 Å². The summed E-state index contributed by atoms with van der Waals surface area (Å²) in [5.74, 6) is -1.63. The van der Waals surface area contributed by atoms with Gasteiger partial charge >= 0.3 is 12.0 Å². The molecule has 0 atom stereocenters. The van der Waals surface area contributed by atoms with Gasteiger partial charge in [-0.3, -0.25) is 14.9 Å². The summed E-state index contributed by atoms with van der Waals surface area (Å²) in [6.45, 7) is 7.70. The predicted molar refractivity (Wildman–Crippen MR) is 138 cm³/mol. The first-order valence-electron chi connectivity index (χ1n) is 11.7. The molecule has 37 heavy (non-hydrogen) atoms. The third-order valence-corrected chi connectivity index (χ3v) is 6.23. The molecule has 190 valence electrons. The van der Waals surface area contributed by atoms with E-state index < -0.39 is 23.8 Å². The predicted octanol–water partition coefficient (Wildman–Crippen LogP) is 4.25. The lowest BCUT2D eigenvalue weighted by atomic mass is 10.1. The molecule has 4 amide bonds. The molecule has 0 aliphatic carbocycles. The number of nitrogens with zero attached hydrogens (tertiary/aromatic N) is 2. The summed E-state index contributed by atoms with van der Waals surface area (Å²) >= 11 is 0. The summed E-state index contributed by atoms with van der Waals surface area (Å²) in [5.41, 5.74) is 4.18. The third kappa shape index (κ3) is 4.51. The lowest BCUT2D eigenvalue weighted by Crippen LogP contribution is -2.54. The molecule has 0 bridgehead atoms. The van der Waals surface area contributed by atoms with E-state index in [1.807, 2.05) is 37.5 Å². The second-order valence-corrected chi connectivity index (χ2v) is 8.46. The molecule has 0 spiro atoms. The average molecular weight is 502 g/mol. The SMILES string of the molecule is CCOc1ccccc1N1C(=O)NC(=O)/C(=C\c2cc(C)n(-c3cccc(C(=O)OC)c3C)c2C)C1=O. The van der Waals surface area contributed by atoms with Crippen LogP contribution < -0.4 is 15.0 Å². The van der Waals surface area contributed by atoms with Crippen molar-refractivity contribution in [1.29, 1.82) is 0 Å². The van der Waals surface area contributed by atoms with Crippen LogP contribution in [0.15, 0.2) is 54.1 Å². The number of aromatic nitrogens is 1. The average Bonchev–Trinajstić information content (AvgIpc) is 3.15. The van der Waals surface area contributed by atoms with Gasteiger partial charge in [0, 0.05) is 17.1 Å². The first-order valence-corrected chi connectivity index (χ1v) is 11.7. The monoisotopic (exact) mass is 501 g/mol. The van der Waals surface area contributed by atoms with Crippen LogP contribution in [0, 0.1) is 20.8 Å². The number of nitrogens with one attached hydrogen (secondary N) is 1. The van der Waals surface area contributed by atoms with Gasteiger partial charge in [-0.1, -0.05) is 18.2 Å². The third-order valence-electron chi connectivity index (χ3n) is 6.23. The number of aryl methyl sites for hydroxylation is 1. The number of barbiturate groups is 1. The van der Waals surface area contributed by atoms with Crippen molar-refractivity contribution in [2.75, 3.05) is 18.6 Å². The number of benzene rings is 2. The van der Waals surface area contributed by atoms with E-state index in [9.17, 15) is 19.2 Å². The van der Waals surface area contributed by atoms with Crippen LogP contribution in [-0.2, 0) is 14.3 Å². The molecule has 0 unspecified atom stereocenters. The van der Waals surface area contributed by atoms with E-state index in [2.05, 4.69) is 5.32 Å². The normalized spacial score (nSPS) is 14.7. The summed E-state index contributed by atoms with van der Waals surface area (Å²) in [6.07, 6.45) is 1.47. The lowest BCUT2D eigenvalue weighted by Gasteiger charge is -2.27. The highest BCUT2D eigenvalue weighted by Gasteiger charge is 2.38. The van der Waals surface area contributed by atoms with Crippen LogP contribution in [0.1, 0.15) is 39.8 Å².